The fourth-order valence-electron chi connectivity index (χ4n) is 1.42. The van der Waals surface area contributed by atoms with E-state index in [-0.39, 0.29) is 12.1 Å². The molecule has 0 spiro atoms. The van der Waals surface area contributed by atoms with Crippen LogP contribution in [0.4, 0.5) is 13.2 Å². The maximum atomic E-state index is 12.6. The molecule has 1 unspecified atom stereocenters. The van der Waals surface area contributed by atoms with Gasteiger partial charge in [-0.25, -0.2) is 5.01 Å². The Balaban J connectivity index is 3.04. The third kappa shape index (κ3) is 3.19. The Morgan fingerprint density at radius 1 is 1.38 bits per heavy atom. The van der Waals surface area contributed by atoms with Crippen molar-refractivity contribution in [2.45, 2.75) is 12.3 Å². The molecule has 16 heavy (non-hydrogen) atoms. The molecule has 1 aromatic rings. The Bertz CT molecular complexity index is 352. The number of hydrogen-bond acceptors (Lipinski definition) is 3. The molecule has 0 fully saturated rings. The fraction of sp³-hybridized carbons (Fsp3) is 0.400. The molecule has 0 bridgehead atoms. The highest BCUT2D eigenvalue weighted by molar-refractivity contribution is 5.31. The molecule has 3 nitrogen and oxygen atoms in total. The van der Waals surface area contributed by atoms with Crippen molar-refractivity contribution in [1.29, 1.82) is 0 Å². The van der Waals surface area contributed by atoms with E-state index in [4.69, 9.17) is 5.84 Å². The smallest absolute Gasteiger partial charge is 0.387 e. The van der Waals surface area contributed by atoms with Gasteiger partial charge in [0.25, 0.3) is 0 Å². The number of likely N-dealkylation sites (N-methyl/N-ethyl adjacent to an activating group) is 1. The van der Waals surface area contributed by atoms with Crippen molar-refractivity contribution in [1.82, 2.24) is 5.01 Å². The van der Waals surface area contributed by atoms with Gasteiger partial charge in [-0.05, 0) is 11.6 Å². The van der Waals surface area contributed by atoms with Crippen LogP contribution in [0.5, 0.6) is 0 Å². The molecule has 1 rings (SSSR count). The van der Waals surface area contributed by atoms with Crippen LogP contribution in [-0.2, 0) is 6.18 Å². The van der Waals surface area contributed by atoms with E-state index in [0.717, 1.165) is 11.1 Å². The average Bonchev–Trinajstić information content (AvgIpc) is 2.15. The number of benzene rings is 1. The summed E-state index contributed by atoms with van der Waals surface area (Å²) in [6, 6.07) is 4.92. The summed E-state index contributed by atoms with van der Waals surface area (Å²) < 4.78 is 37.8. The van der Waals surface area contributed by atoms with E-state index in [0.29, 0.717) is 0 Å². The molecule has 0 aliphatic rings. The van der Waals surface area contributed by atoms with E-state index in [1.165, 1.54) is 25.2 Å². The minimum absolute atomic E-state index is 0.0624. The molecule has 0 aliphatic carbocycles. The second kappa shape index (κ2) is 4.82. The van der Waals surface area contributed by atoms with Crippen LogP contribution in [0.3, 0.4) is 0 Å². The number of nitrogens with two attached hydrogens (primary N) is 1. The minimum atomic E-state index is -4.47. The number of hydrogen-bond donors (Lipinski definition) is 2. The van der Waals surface area contributed by atoms with Crippen LogP contribution < -0.4 is 5.84 Å². The summed E-state index contributed by atoms with van der Waals surface area (Å²) >= 11 is 0. The van der Waals surface area contributed by atoms with Crippen molar-refractivity contribution in [2.24, 2.45) is 5.84 Å². The van der Waals surface area contributed by atoms with Gasteiger partial charge in [-0.3, -0.25) is 5.84 Å². The Morgan fingerprint density at radius 3 is 2.44 bits per heavy atom. The largest absolute Gasteiger partial charge is 0.416 e. The third-order valence-corrected chi connectivity index (χ3v) is 2.09. The molecule has 0 radical (unpaired) electrons. The molecule has 0 saturated heterocycles. The van der Waals surface area contributed by atoms with E-state index < -0.39 is 17.8 Å². The molecule has 0 aliphatic heterocycles. The normalized spacial score (nSPS) is 14.2. The van der Waals surface area contributed by atoms with Gasteiger partial charge >= 0.3 is 6.18 Å². The van der Waals surface area contributed by atoms with Crippen LogP contribution >= 0.6 is 0 Å². The van der Waals surface area contributed by atoms with Gasteiger partial charge in [-0.1, -0.05) is 18.2 Å². The van der Waals surface area contributed by atoms with E-state index in [2.05, 4.69) is 0 Å². The topological polar surface area (TPSA) is 49.5 Å². The van der Waals surface area contributed by atoms with Gasteiger partial charge in [0.1, 0.15) is 0 Å². The van der Waals surface area contributed by atoms with Gasteiger partial charge in [0, 0.05) is 13.6 Å². The first-order valence-electron chi connectivity index (χ1n) is 4.62. The molecule has 1 aromatic carbocycles. The zero-order valence-corrected chi connectivity index (χ0v) is 8.70. The Morgan fingerprint density at radius 2 is 1.94 bits per heavy atom. The second-order valence-electron chi connectivity index (χ2n) is 3.54. The lowest BCUT2D eigenvalue weighted by Crippen LogP contribution is -2.31. The first kappa shape index (κ1) is 13.0. The zero-order valence-electron chi connectivity index (χ0n) is 8.70. The van der Waals surface area contributed by atoms with Crippen LogP contribution in [0.15, 0.2) is 24.3 Å². The lowest BCUT2D eigenvalue weighted by Gasteiger charge is -2.19. The van der Waals surface area contributed by atoms with Crippen LogP contribution in [0.1, 0.15) is 17.2 Å². The van der Waals surface area contributed by atoms with Crippen molar-refractivity contribution in [3.8, 4) is 0 Å². The molecule has 1 atom stereocenters. The number of nitrogens with zero attached hydrogens (tertiary/aromatic N) is 1. The summed E-state index contributed by atoms with van der Waals surface area (Å²) in [5, 5.41) is 10.8. The SMILES string of the molecule is CN(N)CC(O)c1ccccc1C(F)(F)F. The van der Waals surface area contributed by atoms with Crippen molar-refractivity contribution in [3.63, 3.8) is 0 Å². The first-order chi connectivity index (χ1) is 7.32. The van der Waals surface area contributed by atoms with E-state index in [1.54, 1.807) is 0 Å². The van der Waals surface area contributed by atoms with E-state index in [1.807, 2.05) is 0 Å². The Hall–Kier alpha value is -1.11. The third-order valence-electron chi connectivity index (χ3n) is 2.09. The molecule has 0 aromatic heterocycles. The lowest BCUT2D eigenvalue weighted by molar-refractivity contribution is -0.139. The molecule has 0 amide bonds. The number of hydrazine groups is 1. The van der Waals surface area contributed by atoms with Crippen molar-refractivity contribution in [2.75, 3.05) is 13.6 Å². The van der Waals surface area contributed by atoms with E-state index in [9.17, 15) is 18.3 Å². The quantitative estimate of drug-likeness (QED) is 0.616. The summed E-state index contributed by atoms with van der Waals surface area (Å²) in [5.74, 6) is 5.28. The number of aliphatic hydroxyl groups excluding tert-OH is 1. The van der Waals surface area contributed by atoms with Crippen LogP contribution in [-0.4, -0.2) is 23.7 Å². The summed E-state index contributed by atoms with van der Waals surface area (Å²) in [6.45, 7) is -0.0624. The summed E-state index contributed by atoms with van der Waals surface area (Å²) in [7, 11) is 1.47. The summed E-state index contributed by atoms with van der Waals surface area (Å²) in [4.78, 5) is 0. The number of halogens is 3. The van der Waals surface area contributed by atoms with Gasteiger partial charge in [-0.15, -0.1) is 0 Å². The number of aliphatic hydroxyl groups is 1. The predicted octanol–water partition coefficient (Wildman–Crippen LogP) is 1.54. The van der Waals surface area contributed by atoms with E-state index >= 15 is 0 Å². The van der Waals surface area contributed by atoms with Gasteiger partial charge in [0.2, 0.25) is 0 Å². The maximum absolute atomic E-state index is 12.6. The molecule has 90 valence electrons. The number of rotatable bonds is 3. The van der Waals surface area contributed by atoms with Gasteiger partial charge in [-0.2, -0.15) is 13.2 Å². The fourth-order valence-corrected chi connectivity index (χ4v) is 1.42. The highest BCUT2D eigenvalue weighted by Gasteiger charge is 2.34. The van der Waals surface area contributed by atoms with Crippen molar-refractivity contribution >= 4 is 0 Å². The summed E-state index contributed by atoms with van der Waals surface area (Å²) in [5.41, 5.74) is -0.989. The van der Waals surface area contributed by atoms with Crippen molar-refractivity contribution < 1.29 is 18.3 Å². The molecule has 0 saturated carbocycles. The maximum Gasteiger partial charge on any atom is 0.416 e. The zero-order chi connectivity index (χ0) is 12.3. The van der Waals surface area contributed by atoms with Gasteiger partial charge in [0.15, 0.2) is 0 Å². The monoisotopic (exact) mass is 234 g/mol. The Kier molecular flexibility index (Phi) is 3.90. The van der Waals surface area contributed by atoms with Gasteiger partial charge < -0.3 is 5.11 Å². The molecule has 6 heteroatoms. The molecular weight excluding hydrogens is 221 g/mol. The predicted molar refractivity (Wildman–Crippen MR) is 53.2 cm³/mol. The second-order valence-corrected chi connectivity index (χ2v) is 3.54. The lowest BCUT2D eigenvalue weighted by atomic mass is 10.0. The van der Waals surface area contributed by atoms with Crippen molar-refractivity contribution in [3.05, 3.63) is 35.4 Å². The average molecular weight is 234 g/mol. The van der Waals surface area contributed by atoms with Gasteiger partial charge in [0.05, 0.1) is 11.7 Å². The molecular formula is C10H13F3N2O. The highest BCUT2D eigenvalue weighted by atomic mass is 19.4. The minimum Gasteiger partial charge on any atom is -0.387 e. The Labute approximate surface area is 91.3 Å². The first-order valence-corrected chi connectivity index (χ1v) is 4.62. The highest BCUT2D eigenvalue weighted by Crippen LogP contribution is 2.34. The number of alkyl halides is 3. The van der Waals surface area contributed by atoms with Crippen LogP contribution in [0.2, 0.25) is 0 Å². The molecule has 0 heterocycles. The molecule has 3 N–H and O–H groups in total. The van der Waals surface area contributed by atoms with Crippen LogP contribution in [0.25, 0.3) is 0 Å². The summed E-state index contributed by atoms with van der Waals surface area (Å²) in [6.07, 6.45) is -5.72. The van der Waals surface area contributed by atoms with Crippen LogP contribution in [0, 0.1) is 0 Å². The standard InChI is InChI=1S/C10H13F3N2O/c1-15(14)6-9(16)7-4-2-3-5-8(7)10(11,12)13/h2-5,9,16H,6,14H2,1H3.